The Labute approximate surface area is 235 Å². The number of nitrogens with one attached hydrogen (secondary N) is 3. The van der Waals surface area contributed by atoms with Crippen LogP contribution in [-0.4, -0.2) is 41.8 Å². The summed E-state index contributed by atoms with van der Waals surface area (Å²) < 4.78 is 7.65. The summed E-state index contributed by atoms with van der Waals surface area (Å²) in [6, 6.07) is 8.43. The number of anilines is 3. The zero-order chi connectivity index (χ0) is 28.6. The van der Waals surface area contributed by atoms with E-state index in [2.05, 4.69) is 30.3 Å². The summed E-state index contributed by atoms with van der Waals surface area (Å²) in [6.45, 7) is 10.00. The molecule has 4 heterocycles. The van der Waals surface area contributed by atoms with Crippen LogP contribution < -0.4 is 21.5 Å². The Morgan fingerprint density at radius 3 is 2.55 bits per heavy atom. The van der Waals surface area contributed by atoms with Crippen LogP contribution in [0.5, 0.6) is 0 Å². The van der Waals surface area contributed by atoms with Crippen molar-refractivity contribution in [2.24, 2.45) is 0 Å². The predicted molar refractivity (Wildman–Crippen MR) is 160 cm³/mol. The maximum Gasteiger partial charge on any atom is 0.323 e. The molecular formula is C28H31N9O2S. The Balaban J connectivity index is 1.46. The fourth-order valence-corrected chi connectivity index (χ4v) is 4.84. The van der Waals surface area contributed by atoms with Crippen molar-refractivity contribution in [1.82, 2.24) is 28.7 Å². The monoisotopic (exact) mass is 557 g/mol. The summed E-state index contributed by atoms with van der Waals surface area (Å²) in [6.07, 6.45) is 5.24. The fraction of sp³-hybridized carbons (Fsp3) is 0.286. The van der Waals surface area contributed by atoms with Crippen LogP contribution in [0.4, 0.5) is 22.1 Å². The highest BCUT2D eigenvalue weighted by molar-refractivity contribution is 7.03. The summed E-state index contributed by atoms with van der Waals surface area (Å²) in [4.78, 5) is 35.5. The quantitative estimate of drug-likeness (QED) is 0.240. The van der Waals surface area contributed by atoms with Crippen LogP contribution in [0.2, 0.25) is 0 Å². The number of carbonyl (C=O) groups excluding carboxylic acids is 1. The van der Waals surface area contributed by atoms with E-state index in [4.69, 9.17) is 5.10 Å². The van der Waals surface area contributed by atoms with E-state index in [0.29, 0.717) is 39.8 Å². The van der Waals surface area contributed by atoms with Crippen LogP contribution in [0.3, 0.4) is 0 Å². The molecule has 0 unspecified atom stereocenters. The number of fused-ring (bicyclic) bond motifs is 1. The second-order valence-electron chi connectivity index (χ2n) is 10.6. The van der Waals surface area contributed by atoms with Gasteiger partial charge in [-0.1, -0.05) is 12.1 Å². The van der Waals surface area contributed by atoms with Crippen molar-refractivity contribution in [1.29, 1.82) is 0 Å². The number of hydrogen-bond donors (Lipinski definition) is 3. The van der Waals surface area contributed by atoms with Gasteiger partial charge in [0.1, 0.15) is 11.3 Å². The molecule has 0 aliphatic heterocycles. The molecule has 0 atom stereocenters. The Morgan fingerprint density at radius 2 is 1.88 bits per heavy atom. The van der Waals surface area contributed by atoms with Gasteiger partial charge in [-0.3, -0.25) is 14.0 Å². The first-order valence-electron chi connectivity index (χ1n) is 12.8. The molecule has 12 heteroatoms. The fourth-order valence-electron chi connectivity index (χ4n) is 4.32. The number of amides is 2. The van der Waals surface area contributed by atoms with Gasteiger partial charge >= 0.3 is 6.03 Å². The molecule has 5 rings (SSSR count). The van der Waals surface area contributed by atoms with Crippen LogP contribution >= 0.6 is 11.5 Å². The van der Waals surface area contributed by atoms with Gasteiger partial charge in [0.05, 0.1) is 17.4 Å². The second-order valence-corrected chi connectivity index (χ2v) is 11.3. The maximum absolute atomic E-state index is 13.6. The van der Waals surface area contributed by atoms with Crippen LogP contribution in [-0.2, 0) is 5.54 Å². The first kappa shape index (κ1) is 27.0. The van der Waals surface area contributed by atoms with Crippen LogP contribution in [0.25, 0.3) is 33.4 Å². The second kappa shape index (κ2) is 10.5. The molecule has 0 aliphatic carbocycles. The topological polar surface area (TPSA) is 132 Å². The third-order valence-corrected chi connectivity index (χ3v) is 6.89. The van der Waals surface area contributed by atoms with E-state index in [1.54, 1.807) is 48.3 Å². The number of aromatic nitrogens is 6. The summed E-state index contributed by atoms with van der Waals surface area (Å²) in [5, 5.41) is 16.1. The number of pyridine rings is 1. The highest BCUT2D eigenvalue weighted by atomic mass is 32.1. The standard InChI is InChI=1S/C28H31N9O2S/c1-16(2)37-24-18(12-30-26(29-6)34-24)11-21(25(37)38)17-8-7-9-20(10-17)32-27(39)33-22-14-36(28(3,4)5)35-23(22)19-13-31-40-15-19/h7-16H,1-6H3,(H,29,30,34)(H2,32,33,39). The average Bonchev–Trinajstić information content (AvgIpc) is 3.58. The zero-order valence-electron chi connectivity index (χ0n) is 23.2. The van der Waals surface area contributed by atoms with E-state index in [-0.39, 0.29) is 17.1 Å². The molecule has 1 aromatic carbocycles. The number of rotatable bonds is 6. The largest absolute Gasteiger partial charge is 0.357 e. The summed E-state index contributed by atoms with van der Waals surface area (Å²) in [7, 11) is 1.73. The number of nitrogens with zero attached hydrogens (tertiary/aromatic N) is 6. The third-order valence-electron chi connectivity index (χ3n) is 6.30. The van der Waals surface area contributed by atoms with E-state index in [1.807, 2.05) is 56.9 Å². The normalized spacial score (nSPS) is 11.7. The predicted octanol–water partition coefficient (Wildman–Crippen LogP) is 5.80. The maximum atomic E-state index is 13.6. The van der Waals surface area contributed by atoms with E-state index < -0.39 is 6.03 Å². The molecule has 2 amide bonds. The highest BCUT2D eigenvalue weighted by Gasteiger charge is 2.21. The van der Waals surface area contributed by atoms with Gasteiger partial charge in [0.2, 0.25) is 5.95 Å². The van der Waals surface area contributed by atoms with Crippen molar-refractivity contribution >= 4 is 45.9 Å². The van der Waals surface area contributed by atoms with E-state index >= 15 is 0 Å². The molecule has 5 aromatic rings. The molecule has 0 saturated heterocycles. The molecule has 0 fully saturated rings. The first-order valence-corrected chi connectivity index (χ1v) is 13.7. The van der Waals surface area contributed by atoms with Crippen LogP contribution in [0.1, 0.15) is 40.7 Å². The molecular weight excluding hydrogens is 526 g/mol. The molecule has 0 spiro atoms. The molecule has 3 N–H and O–H groups in total. The Morgan fingerprint density at radius 1 is 1.07 bits per heavy atom. The molecule has 0 aliphatic rings. The zero-order valence-corrected chi connectivity index (χ0v) is 24.0. The van der Waals surface area contributed by atoms with Crippen molar-refractivity contribution in [3.63, 3.8) is 0 Å². The van der Waals surface area contributed by atoms with Gasteiger partial charge in [-0.2, -0.15) is 10.1 Å². The number of urea groups is 1. The summed E-state index contributed by atoms with van der Waals surface area (Å²) >= 11 is 1.32. The third kappa shape index (κ3) is 5.30. The van der Waals surface area contributed by atoms with Gasteiger partial charge < -0.3 is 16.0 Å². The molecule has 0 bridgehead atoms. The van der Waals surface area contributed by atoms with Crippen molar-refractivity contribution < 1.29 is 4.79 Å². The lowest BCUT2D eigenvalue weighted by atomic mass is 10.0. The minimum Gasteiger partial charge on any atom is -0.357 e. The minimum absolute atomic E-state index is 0.122. The van der Waals surface area contributed by atoms with Crippen molar-refractivity contribution in [3.8, 4) is 22.4 Å². The number of hydrogen-bond acceptors (Lipinski definition) is 8. The molecule has 206 valence electrons. The van der Waals surface area contributed by atoms with Gasteiger partial charge in [-0.05, 0) is 69.9 Å². The smallest absolute Gasteiger partial charge is 0.323 e. The molecule has 0 radical (unpaired) electrons. The molecule has 4 aromatic heterocycles. The SMILES string of the molecule is CNc1ncc2cc(-c3cccc(NC(=O)Nc4cn(C(C)(C)C)nc4-c4cnsc4)c3)c(=O)n(C(C)C)c2n1. The van der Waals surface area contributed by atoms with E-state index in [0.717, 1.165) is 10.9 Å². The Hall–Kier alpha value is -4.58. The van der Waals surface area contributed by atoms with Gasteiger partial charge in [-0.25, -0.2) is 14.2 Å². The lowest BCUT2D eigenvalue weighted by molar-refractivity contribution is 0.262. The summed E-state index contributed by atoms with van der Waals surface area (Å²) in [5.41, 5.74) is 3.85. The van der Waals surface area contributed by atoms with Crippen molar-refractivity contribution in [2.75, 3.05) is 23.0 Å². The lowest BCUT2D eigenvalue weighted by Crippen LogP contribution is -2.25. The Kier molecular flexibility index (Phi) is 7.11. The lowest BCUT2D eigenvalue weighted by Gasteiger charge is -2.18. The highest BCUT2D eigenvalue weighted by Crippen LogP contribution is 2.30. The average molecular weight is 558 g/mol. The Bertz CT molecular complexity index is 1750. The van der Waals surface area contributed by atoms with Gasteiger partial charge in [0.25, 0.3) is 5.56 Å². The van der Waals surface area contributed by atoms with Crippen molar-refractivity contribution in [2.45, 2.75) is 46.2 Å². The summed E-state index contributed by atoms with van der Waals surface area (Å²) in [5.74, 6) is 0.442. The van der Waals surface area contributed by atoms with Gasteiger partial charge in [0.15, 0.2) is 0 Å². The van der Waals surface area contributed by atoms with E-state index in [9.17, 15) is 9.59 Å². The van der Waals surface area contributed by atoms with Crippen molar-refractivity contribution in [3.05, 3.63) is 64.7 Å². The number of carbonyl (C=O) groups is 1. The van der Waals surface area contributed by atoms with Gasteiger partial charge in [0, 0.05) is 53.1 Å². The molecule has 40 heavy (non-hydrogen) atoms. The minimum atomic E-state index is -0.429. The molecule has 11 nitrogen and oxygen atoms in total. The van der Waals surface area contributed by atoms with Crippen LogP contribution in [0, 0.1) is 0 Å². The number of benzene rings is 1. The first-order chi connectivity index (χ1) is 19.0. The van der Waals surface area contributed by atoms with Crippen LogP contribution in [0.15, 0.2) is 59.1 Å². The molecule has 0 saturated carbocycles. The van der Waals surface area contributed by atoms with E-state index in [1.165, 1.54) is 11.5 Å². The van der Waals surface area contributed by atoms with Gasteiger partial charge in [-0.15, -0.1) is 0 Å².